The van der Waals surface area contributed by atoms with Crippen LogP contribution in [0, 0.1) is 0 Å². The first-order valence-corrected chi connectivity index (χ1v) is 5.41. The van der Waals surface area contributed by atoms with Gasteiger partial charge in [0.25, 0.3) is 0 Å². The van der Waals surface area contributed by atoms with Crippen LogP contribution in [0.1, 0.15) is 26.2 Å². The number of methoxy groups -OCH3 is 1. The Labute approximate surface area is 95.6 Å². The zero-order valence-electron chi connectivity index (χ0n) is 9.85. The van der Waals surface area contributed by atoms with E-state index in [0.29, 0.717) is 6.42 Å². The van der Waals surface area contributed by atoms with Gasteiger partial charge >= 0.3 is 5.97 Å². The number of rotatable bonds is 6. The molecule has 0 aliphatic carbocycles. The van der Waals surface area contributed by atoms with E-state index in [1.165, 1.54) is 7.11 Å². The number of esters is 1. The van der Waals surface area contributed by atoms with E-state index in [0.717, 1.165) is 19.4 Å². The van der Waals surface area contributed by atoms with Crippen molar-refractivity contribution >= 4 is 5.97 Å². The van der Waals surface area contributed by atoms with Gasteiger partial charge < -0.3 is 10.5 Å². The van der Waals surface area contributed by atoms with Gasteiger partial charge in [-0.05, 0) is 32.3 Å². The predicted molar refractivity (Wildman–Crippen MR) is 60.7 cm³/mol. The third-order valence-electron chi connectivity index (χ3n) is 2.54. The van der Waals surface area contributed by atoms with Crippen LogP contribution in [0.15, 0.2) is 18.5 Å². The molecule has 1 rings (SSSR count). The standard InChI is InChI=1S/C11H19N3O2/c1-11(12,10(15)16-2)6-3-4-8-14-9-5-7-13-14/h5,7,9H,3-4,6,8,12H2,1-2H3. The highest BCUT2D eigenvalue weighted by atomic mass is 16.5. The molecule has 90 valence electrons. The normalized spacial score (nSPS) is 14.4. The Bertz CT molecular complexity index is 320. The Morgan fingerprint density at radius 2 is 2.31 bits per heavy atom. The molecule has 1 atom stereocenters. The fourth-order valence-electron chi connectivity index (χ4n) is 1.53. The molecule has 0 aliphatic rings. The molecule has 5 nitrogen and oxygen atoms in total. The molecule has 1 aromatic heterocycles. The van der Waals surface area contributed by atoms with Crippen LogP contribution in [0.4, 0.5) is 0 Å². The highest BCUT2D eigenvalue weighted by molar-refractivity contribution is 5.79. The van der Waals surface area contributed by atoms with Gasteiger partial charge in [0, 0.05) is 18.9 Å². The van der Waals surface area contributed by atoms with E-state index in [-0.39, 0.29) is 5.97 Å². The quantitative estimate of drug-likeness (QED) is 0.578. The molecule has 0 aliphatic heterocycles. The van der Waals surface area contributed by atoms with Crippen molar-refractivity contribution in [3.05, 3.63) is 18.5 Å². The van der Waals surface area contributed by atoms with E-state index >= 15 is 0 Å². The van der Waals surface area contributed by atoms with Crippen molar-refractivity contribution in [3.8, 4) is 0 Å². The SMILES string of the molecule is COC(=O)C(C)(N)CCCCn1cccn1. The van der Waals surface area contributed by atoms with Crippen molar-refractivity contribution in [1.29, 1.82) is 0 Å². The van der Waals surface area contributed by atoms with Crippen molar-refractivity contribution in [3.63, 3.8) is 0 Å². The zero-order valence-corrected chi connectivity index (χ0v) is 9.85. The van der Waals surface area contributed by atoms with E-state index in [4.69, 9.17) is 5.73 Å². The van der Waals surface area contributed by atoms with Gasteiger partial charge in [0.2, 0.25) is 0 Å². The highest BCUT2D eigenvalue weighted by Crippen LogP contribution is 2.12. The third-order valence-corrected chi connectivity index (χ3v) is 2.54. The fraction of sp³-hybridized carbons (Fsp3) is 0.636. The summed E-state index contributed by atoms with van der Waals surface area (Å²) < 4.78 is 6.50. The number of hydrogen-bond acceptors (Lipinski definition) is 4. The summed E-state index contributed by atoms with van der Waals surface area (Å²) in [6.07, 6.45) is 6.12. The average molecular weight is 225 g/mol. The van der Waals surface area contributed by atoms with Crippen molar-refractivity contribution in [2.75, 3.05) is 7.11 Å². The minimum absolute atomic E-state index is 0.355. The summed E-state index contributed by atoms with van der Waals surface area (Å²) >= 11 is 0. The van der Waals surface area contributed by atoms with E-state index in [9.17, 15) is 4.79 Å². The second-order valence-electron chi connectivity index (χ2n) is 4.14. The molecule has 0 spiro atoms. The van der Waals surface area contributed by atoms with Crippen molar-refractivity contribution in [1.82, 2.24) is 9.78 Å². The number of aromatic nitrogens is 2. The molecule has 0 bridgehead atoms. The second-order valence-corrected chi connectivity index (χ2v) is 4.14. The molecule has 0 radical (unpaired) electrons. The van der Waals surface area contributed by atoms with E-state index in [1.54, 1.807) is 13.1 Å². The van der Waals surface area contributed by atoms with Gasteiger partial charge in [0.15, 0.2) is 0 Å². The third kappa shape index (κ3) is 3.66. The van der Waals surface area contributed by atoms with Gasteiger partial charge in [-0.15, -0.1) is 0 Å². The molecule has 0 saturated carbocycles. The Balaban J connectivity index is 2.22. The molecule has 1 unspecified atom stereocenters. The maximum atomic E-state index is 11.3. The number of hydrogen-bond donors (Lipinski definition) is 1. The number of unbranched alkanes of at least 4 members (excludes halogenated alkanes) is 1. The van der Waals surface area contributed by atoms with Crippen molar-refractivity contribution < 1.29 is 9.53 Å². The minimum atomic E-state index is -0.876. The molecule has 16 heavy (non-hydrogen) atoms. The monoisotopic (exact) mass is 225 g/mol. The van der Waals surface area contributed by atoms with E-state index in [2.05, 4.69) is 9.84 Å². The first-order valence-electron chi connectivity index (χ1n) is 5.41. The average Bonchev–Trinajstić information content (AvgIpc) is 2.76. The van der Waals surface area contributed by atoms with Crippen LogP contribution in [0.2, 0.25) is 0 Å². The van der Waals surface area contributed by atoms with Crippen LogP contribution in [0.25, 0.3) is 0 Å². The number of aryl methyl sites for hydroxylation is 1. The van der Waals surface area contributed by atoms with E-state index in [1.807, 2.05) is 16.9 Å². The summed E-state index contributed by atoms with van der Waals surface area (Å²) in [5.74, 6) is -0.355. The minimum Gasteiger partial charge on any atom is -0.468 e. The van der Waals surface area contributed by atoms with Crippen LogP contribution in [-0.4, -0.2) is 28.4 Å². The Kier molecular flexibility index (Phi) is 4.49. The lowest BCUT2D eigenvalue weighted by atomic mass is 9.96. The smallest absolute Gasteiger partial charge is 0.325 e. The summed E-state index contributed by atoms with van der Waals surface area (Å²) in [4.78, 5) is 11.3. The molecular formula is C11H19N3O2. The summed E-state index contributed by atoms with van der Waals surface area (Å²) in [7, 11) is 1.36. The predicted octanol–water partition coefficient (Wildman–Crippen LogP) is 0.944. The number of carbonyl (C=O) groups excluding carboxylic acids is 1. The lowest BCUT2D eigenvalue weighted by Gasteiger charge is -2.20. The molecule has 5 heteroatoms. The van der Waals surface area contributed by atoms with Crippen LogP contribution >= 0.6 is 0 Å². The summed E-state index contributed by atoms with van der Waals surface area (Å²) in [5.41, 5.74) is 4.96. The number of nitrogens with zero attached hydrogens (tertiary/aromatic N) is 2. The van der Waals surface area contributed by atoms with Gasteiger partial charge in [-0.25, -0.2) is 0 Å². The van der Waals surface area contributed by atoms with Crippen LogP contribution in [0.3, 0.4) is 0 Å². The molecule has 2 N–H and O–H groups in total. The molecule has 1 aromatic rings. The molecular weight excluding hydrogens is 206 g/mol. The van der Waals surface area contributed by atoms with Gasteiger partial charge in [-0.1, -0.05) is 0 Å². The first-order chi connectivity index (χ1) is 7.56. The maximum absolute atomic E-state index is 11.3. The number of ether oxygens (including phenoxy) is 1. The van der Waals surface area contributed by atoms with E-state index < -0.39 is 5.54 Å². The first kappa shape index (κ1) is 12.7. The summed E-state index contributed by atoms with van der Waals surface area (Å²) in [5, 5.41) is 4.10. The van der Waals surface area contributed by atoms with Crippen LogP contribution in [0.5, 0.6) is 0 Å². The van der Waals surface area contributed by atoms with Gasteiger partial charge in [-0.3, -0.25) is 9.48 Å². The Morgan fingerprint density at radius 1 is 1.56 bits per heavy atom. The number of nitrogens with two attached hydrogens (primary N) is 1. The highest BCUT2D eigenvalue weighted by Gasteiger charge is 2.28. The van der Waals surface area contributed by atoms with Crippen molar-refractivity contribution in [2.24, 2.45) is 5.73 Å². The number of carbonyl (C=O) groups is 1. The Hall–Kier alpha value is -1.36. The van der Waals surface area contributed by atoms with Crippen molar-refractivity contribution in [2.45, 2.75) is 38.3 Å². The largest absolute Gasteiger partial charge is 0.468 e. The molecule has 0 amide bonds. The van der Waals surface area contributed by atoms with Gasteiger partial charge in [0.1, 0.15) is 5.54 Å². The second kappa shape index (κ2) is 5.65. The fourth-order valence-corrected chi connectivity index (χ4v) is 1.53. The Morgan fingerprint density at radius 3 is 2.88 bits per heavy atom. The topological polar surface area (TPSA) is 70.1 Å². The molecule has 0 fully saturated rings. The lowest BCUT2D eigenvalue weighted by Crippen LogP contribution is -2.45. The summed E-state index contributed by atoms with van der Waals surface area (Å²) in [6, 6.07) is 1.89. The molecule has 0 aromatic carbocycles. The maximum Gasteiger partial charge on any atom is 0.325 e. The lowest BCUT2D eigenvalue weighted by molar-refractivity contribution is -0.146. The molecule has 0 saturated heterocycles. The van der Waals surface area contributed by atoms with Crippen LogP contribution in [-0.2, 0) is 16.1 Å². The zero-order chi connectivity index (χ0) is 12.0. The van der Waals surface area contributed by atoms with Gasteiger partial charge in [-0.2, -0.15) is 5.10 Å². The molecule has 1 heterocycles. The summed E-state index contributed by atoms with van der Waals surface area (Å²) in [6.45, 7) is 2.55. The van der Waals surface area contributed by atoms with Gasteiger partial charge in [0.05, 0.1) is 7.11 Å². The van der Waals surface area contributed by atoms with Crippen LogP contribution < -0.4 is 5.73 Å².